The van der Waals surface area contributed by atoms with E-state index < -0.39 is 0 Å². The van der Waals surface area contributed by atoms with Crippen LogP contribution in [0.15, 0.2) is 47.8 Å². The Bertz CT molecular complexity index is 469. The molecule has 0 saturated carbocycles. The SMILES string of the molecule is CCOC(c1ccccc1)C(CCc1cccs1)NC. The summed E-state index contributed by atoms with van der Waals surface area (Å²) in [6.07, 6.45) is 2.29. The van der Waals surface area contributed by atoms with Gasteiger partial charge in [0.1, 0.15) is 0 Å². The summed E-state index contributed by atoms with van der Waals surface area (Å²) in [4.78, 5) is 1.44. The van der Waals surface area contributed by atoms with Crippen molar-refractivity contribution in [3.05, 3.63) is 58.3 Å². The largest absolute Gasteiger partial charge is 0.372 e. The van der Waals surface area contributed by atoms with Gasteiger partial charge in [-0.1, -0.05) is 36.4 Å². The van der Waals surface area contributed by atoms with Crippen molar-refractivity contribution in [3.63, 3.8) is 0 Å². The van der Waals surface area contributed by atoms with Crippen LogP contribution in [0.3, 0.4) is 0 Å². The molecule has 0 aliphatic carbocycles. The molecule has 108 valence electrons. The zero-order valence-electron chi connectivity index (χ0n) is 12.2. The lowest BCUT2D eigenvalue weighted by molar-refractivity contribution is 0.0330. The molecule has 2 nitrogen and oxygen atoms in total. The monoisotopic (exact) mass is 289 g/mol. The fourth-order valence-corrected chi connectivity index (χ4v) is 3.19. The van der Waals surface area contributed by atoms with E-state index in [0.29, 0.717) is 6.04 Å². The van der Waals surface area contributed by atoms with E-state index in [9.17, 15) is 0 Å². The van der Waals surface area contributed by atoms with Crippen molar-refractivity contribution in [1.29, 1.82) is 0 Å². The molecular weight excluding hydrogens is 266 g/mol. The van der Waals surface area contributed by atoms with E-state index >= 15 is 0 Å². The van der Waals surface area contributed by atoms with Gasteiger partial charge < -0.3 is 10.1 Å². The highest BCUT2D eigenvalue weighted by Crippen LogP contribution is 2.25. The summed E-state index contributed by atoms with van der Waals surface area (Å²) in [7, 11) is 2.02. The van der Waals surface area contributed by atoms with Crippen LogP contribution >= 0.6 is 11.3 Å². The lowest BCUT2D eigenvalue weighted by Gasteiger charge is -2.27. The number of nitrogens with one attached hydrogen (secondary N) is 1. The molecule has 3 heteroatoms. The van der Waals surface area contributed by atoms with Gasteiger partial charge in [-0.2, -0.15) is 0 Å². The summed E-state index contributed by atoms with van der Waals surface area (Å²) >= 11 is 1.83. The summed E-state index contributed by atoms with van der Waals surface area (Å²) in [5, 5.41) is 5.57. The number of benzene rings is 1. The first-order valence-corrected chi connectivity index (χ1v) is 8.09. The molecule has 0 amide bonds. The van der Waals surface area contributed by atoms with E-state index in [1.165, 1.54) is 10.4 Å². The minimum Gasteiger partial charge on any atom is -0.372 e. The molecule has 1 aromatic carbocycles. The van der Waals surface area contributed by atoms with Crippen LogP contribution in [0.4, 0.5) is 0 Å². The minimum absolute atomic E-state index is 0.117. The molecular formula is C17H23NOS. The summed E-state index contributed by atoms with van der Waals surface area (Å²) in [6.45, 7) is 2.79. The van der Waals surface area contributed by atoms with Gasteiger partial charge in [-0.05, 0) is 43.8 Å². The maximum atomic E-state index is 5.99. The first-order chi connectivity index (χ1) is 9.85. The zero-order chi connectivity index (χ0) is 14.2. The van der Waals surface area contributed by atoms with Gasteiger partial charge in [-0.25, -0.2) is 0 Å². The molecule has 2 rings (SSSR count). The van der Waals surface area contributed by atoms with Crippen LogP contribution in [0.25, 0.3) is 0 Å². The van der Waals surface area contributed by atoms with E-state index in [-0.39, 0.29) is 6.10 Å². The maximum Gasteiger partial charge on any atom is 0.0977 e. The van der Waals surface area contributed by atoms with Gasteiger partial charge in [0.25, 0.3) is 0 Å². The van der Waals surface area contributed by atoms with Crippen molar-refractivity contribution in [3.8, 4) is 0 Å². The highest BCUT2D eigenvalue weighted by Gasteiger charge is 2.22. The van der Waals surface area contributed by atoms with Gasteiger partial charge in [-0.15, -0.1) is 11.3 Å². The van der Waals surface area contributed by atoms with Gasteiger partial charge in [0, 0.05) is 17.5 Å². The summed E-state index contributed by atoms with van der Waals surface area (Å²) in [5.41, 5.74) is 1.25. The molecule has 0 aliphatic rings. The molecule has 0 fully saturated rings. The van der Waals surface area contributed by atoms with Crippen molar-refractivity contribution >= 4 is 11.3 Å². The Hall–Kier alpha value is -1.16. The number of thiophene rings is 1. The Kier molecular flexibility index (Phi) is 6.25. The van der Waals surface area contributed by atoms with Crippen LogP contribution in [0.2, 0.25) is 0 Å². The average molecular weight is 289 g/mol. The van der Waals surface area contributed by atoms with Gasteiger partial charge in [0.15, 0.2) is 0 Å². The van der Waals surface area contributed by atoms with Gasteiger partial charge >= 0.3 is 0 Å². The molecule has 0 saturated heterocycles. The first kappa shape index (κ1) is 15.2. The van der Waals surface area contributed by atoms with Crippen LogP contribution < -0.4 is 5.32 Å². The van der Waals surface area contributed by atoms with E-state index in [2.05, 4.69) is 54.0 Å². The van der Waals surface area contributed by atoms with Crippen molar-refractivity contribution in [2.24, 2.45) is 0 Å². The predicted octanol–water partition coefficient (Wildman–Crippen LogP) is 4.05. The number of likely N-dealkylation sites (N-methyl/N-ethyl adjacent to an activating group) is 1. The lowest BCUT2D eigenvalue weighted by Crippen LogP contribution is -2.34. The number of rotatable bonds is 8. The predicted molar refractivity (Wildman–Crippen MR) is 86.3 cm³/mol. The van der Waals surface area contributed by atoms with Gasteiger partial charge in [0.05, 0.1) is 6.10 Å². The van der Waals surface area contributed by atoms with Crippen molar-refractivity contribution in [2.75, 3.05) is 13.7 Å². The van der Waals surface area contributed by atoms with E-state index in [0.717, 1.165) is 19.4 Å². The molecule has 0 spiro atoms. The highest BCUT2D eigenvalue weighted by atomic mass is 32.1. The van der Waals surface area contributed by atoms with E-state index in [1.54, 1.807) is 0 Å². The van der Waals surface area contributed by atoms with Crippen LogP contribution in [-0.4, -0.2) is 19.7 Å². The molecule has 1 N–H and O–H groups in total. The highest BCUT2D eigenvalue weighted by molar-refractivity contribution is 7.09. The molecule has 2 unspecified atom stereocenters. The topological polar surface area (TPSA) is 21.3 Å². The second-order valence-corrected chi connectivity index (χ2v) is 5.83. The molecule has 2 aromatic rings. The van der Waals surface area contributed by atoms with Crippen LogP contribution in [0, 0.1) is 0 Å². The lowest BCUT2D eigenvalue weighted by atomic mass is 9.98. The standard InChI is InChI=1S/C17H23NOS/c1-3-19-17(14-8-5-4-6-9-14)16(18-2)12-11-15-10-7-13-20-15/h4-10,13,16-18H,3,11-12H2,1-2H3. The zero-order valence-corrected chi connectivity index (χ0v) is 13.0. The third kappa shape index (κ3) is 4.17. The summed E-state index contributed by atoms with van der Waals surface area (Å²) in [5.74, 6) is 0. The van der Waals surface area contributed by atoms with Crippen LogP contribution in [-0.2, 0) is 11.2 Å². The Morgan fingerprint density at radius 1 is 1.15 bits per heavy atom. The number of ether oxygens (including phenoxy) is 1. The van der Waals surface area contributed by atoms with Gasteiger partial charge in [-0.3, -0.25) is 0 Å². The maximum absolute atomic E-state index is 5.99. The molecule has 20 heavy (non-hydrogen) atoms. The van der Waals surface area contributed by atoms with E-state index in [4.69, 9.17) is 4.74 Å². The summed E-state index contributed by atoms with van der Waals surface area (Å²) in [6, 6.07) is 15.2. The molecule has 0 radical (unpaired) electrons. The second-order valence-electron chi connectivity index (χ2n) is 4.80. The number of hydrogen-bond donors (Lipinski definition) is 1. The first-order valence-electron chi connectivity index (χ1n) is 7.21. The Morgan fingerprint density at radius 2 is 1.95 bits per heavy atom. The average Bonchev–Trinajstić information content (AvgIpc) is 3.01. The molecule has 1 aromatic heterocycles. The number of aryl methyl sites for hydroxylation is 1. The molecule has 0 bridgehead atoms. The quantitative estimate of drug-likeness (QED) is 0.791. The molecule has 1 heterocycles. The summed E-state index contributed by atoms with van der Waals surface area (Å²) < 4.78 is 5.99. The van der Waals surface area contributed by atoms with Crippen LogP contribution in [0.5, 0.6) is 0 Å². The Balaban J connectivity index is 2.05. The second kappa shape index (κ2) is 8.20. The Morgan fingerprint density at radius 3 is 2.55 bits per heavy atom. The van der Waals surface area contributed by atoms with Crippen LogP contribution in [0.1, 0.15) is 29.9 Å². The third-order valence-corrected chi connectivity index (χ3v) is 4.43. The van der Waals surface area contributed by atoms with Crippen molar-refractivity contribution in [1.82, 2.24) is 5.32 Å². The smallest absolute Gasteiger partial charge is 0.0977 e. The Labute approximate surface area is 125 Å². The van der Waals surface area contributed by atoms with Crippen molar-refractivity contribution in [2.45, 2.75) is 31.9 Å². The third-order valence-electron chi connectivity index (χ3n) is 3.49. The van der Waals surface area contributed by atoms with Gasteiger partial charge in [0.2, 0.25) is 0 Å². The molecule has 2 atom stereocenters. The normalized spacial score (nSPS) is 14.1. The van der Waals surface area contributed by atoms with E-state index in [1.807, 2.05) is 24.5 Å². The molecule has 0 aliphatic heterocycles. The van der Waals surface area contributed by atoms with Crippen molar-refractivity contribution < 1.29 is 4.74 Å². The fraction of sp³-hybridized carbons (Fsp3) is 0.412. The minimum atomic E-state index is 0.117. The number of hydrogen-bond acceptors (Lipinski definition) is 3. The fourth-order valence-electron chi connectivity index (χ4n) is 2.47.